The van der Waals surface area contributed by atoms with Crippen molar-refractivity contribution in [3.63, 3.8) is 0 Å². The van der Waals surface area contributed by atoms with Gasteiger partial charge >= 0.3 is 5.97 Å². The Hall–Kier alpha value is -0.830. The van der Waals surface area contributed by atoms with Gasteiger partial charge < -0.3 is 5.11 Å². The molecule has 0 amide bonds. The molecule has 0 radical (unpaired) electrons. The summed E-state index contributed by atoms with van der Waals surface area (Å²) in [5.41, 5.74) is 1.04. The molecule has 1 N–H and O–H groups in total. The van der Waals surface area contributed by atoms with Crippen molar-refractivity contribution in [3.8, 4) is 0 Å². The van der Waals surface area contributed by atoms with E-state index in [0.29, 0.717) is 6.04 Å². The van der Waals surface area contributed by atoms with E-state index in [9.17, 15) is 4.79 Å². The van der Waals surface area contributed by atoms with Crippen LogP contribution in [0, 0.1) is 0 Å². The summed E-state index contributed by atoms with van der Waals surface area (Å²) in [5.74, 6) is -0.824. The minimum Gasteiger partial charge on any atom is -0.478 e. The van der Waals surface area contributed by atoms with E-state index in [0.717, 1.165) is 25.1 Å². The Labute approximate surface area is 72.7 Å². The minimum absolute atomic E-state index is 0.518. The molecule has 1 fully saturated rings. The molecule has 3 nitrogen and oxygen atoms in total. The molecule has 12 heavy (non-hydrogen) atoms. The number of nitrogens with zero attached hydrogens (tertiary/aromatic N) is 1. The van der Waals surface area contributed by atoms with Gasteiger partial charge in [0.25, 0.3) is 0 Å². The fourth-order valence-electron chi connectivity index (χ4n) is 1.44. The molecule has 0 aromatic rings. The van der Waals surface area contributed by atoms with Crippen LogP contribution in [0.25, 0.3) is 0 Å². The van der Waals surface area contributed by atoms with Crippen LogP contribution < -0.4 is 0 Å². The summed E-state index contributed by atoms with van der Waals surface area (Å²) in [5, 5.41) is 8.50. The zero-order chi connectivity index (χ0) is 9.14. The predicted octanol–water partition coefficient (Wildman–Crippen LogP) is 1.11. The first kappa shape index (κ1) is 9.26. The van der Waals surface area contributed by atoms with Crippen LogP contribution in [0.2, 0.25) is 0 Å². The normalized spacial score (nSPS) is 22.4. The van der Waals surface area contributed by atoms with Gasteiger partial charge in [-0.15, -0.1) is 0 Å². The van der Waals surface area contributed by atoms with Crippen LogP contribution in [0.5, 0.6) is 0 Å². The quantitative estimate of drug-likeness (QED) is 0.629. The second-order valence-corrected chi connectivity index (χ2v) is 3.46. The summed E-state index contributed by atoms with van der Waals surface area (Å²) in [6, 6.07) is 0.518. The largest absolute Gasteiger partial charge is 0.478 e. The maximum atomic E-state index is 10.3. The molecule has 0 aliphatic carbocycles. The fourth-order valence-corrected chi connectivity index (χ4v) is 1.44. The number of hydrogen-bond acceptors (Lipinski definition) is 2. The van der Waals surface area contributed by atoms with E-state index in [4.69, 9.17) is 5.11 Å². The molecule has 3 heteroatoms. The molecular formula is C9H15NO2. The molecule has 1 saturated heterocycles. The molecule has 0 spiro atoms. The van der Waals surface area contributed by atoms with E-state index in [-0.39, 0.29) is 0 Å². The van der Waals surface area contributed by atoms with Gasteiger partial charge in [0.15, 0.2) is 0 Å². The summed E-state index contributed by atoms with van der Waals surface area (Å²) in [7, 11) is 0. The highest BCUT2D eigenvalue weighted by Gasteiger charge is 2.18. The molecule has 1 aliphatic heterocycles. The minimum atomic E-state index is -0.824. The molecule has 0 atom stereocenters. The van der Waals surface area contributed by atoms with E-state index in [1.54, 1.807) is 0 Å². The average Bonchev–Trinajstić information content (AvgIpc) is 2.34. The van der Waals surface area contributed by atoms with Crippen LogP contribution in [0.1, 0.15) is 20.3 Å². The van der Waals surface area contributed by atoms with E-state index in [2.05, 4.69) is 18.7 Å². The third-order valence-electron chi connectivity index (χ3n) is 2.18. The first-order valence-corrected chi connectivity index (χ1v) is 4.26. The number of likely N-dealkylation sites (tertiary alicyclic amines) is 1. The summed E-state index contributed by atoms with van der Waals surface area (Å²) in [4.78, 5) is 12.6. The third kappa shape index (κ3) is 2.34. The van der Waals surface area contributed by atoms with Crippen LogP contribution in [0.4, 0.5) is 0 Å². The van der Waals surface area contributed by atoms with Gasteiger partial charge in [0.1, 0.15) is 0 Å². The topological polar surface area (TPSA) is 40.5 Å². The van der Waals surface area contributed by atoms with Gasteiger partial charge in [-0.05, 0) is 25.8 Å². The number of rotatable bonds is 2. The van der Waals surface area contributed by atoms with Crippen LogP contribution in [-0.4, -0.2) is 35.1 Å². The molecular weight excluding hydrogens is 154 g/mol. The molecule has 68 valence electrons. The fraction of sp³-hybridized carbons (Fsp3) is 0.667. The summed E-state index contributed by atoms with van der Waals surface area (Å²) in [6.07, 6.45) is 2.24. The monoisotopic (exact) mass is 169 g/mol. The highest BCUT2D eigenvalue weighted by atomic mass is 16.4. The maximum absolute atomic E-state index is 10.3. The van der Waals surface area contributed by atoms with Crippen LogP contribution in [0.3, 0.4) is 0 Å². The van der Waals surface area contributed by atoms with Gasteiger partial charge in [-0.1, -0.05) is 0 Å². The first-order chi connectivity index (χ1) is 5.59. The lowest BCUT2D eigenvalue weighted by molar-refractivity contribution is -0.131. The van der Waals surface area contributed by atoms with Crippen molar-refractivity contribution in [3.05, 3.63) is 11.6 Å². The predicted molar refractivity (Wildman–Crippen MR) is 47.0 cm³/mol. The lowest BCUT2D eigenvalue weighted by atomic mass is 10.2. The molecule has 0 saturated carbocycles. The second kappa shape index (κ2) is 3.72. The van der Waals surface area contributed by atoms with Crippen molar-refractivity contribution >= 4 is 5.97 Å². The second-order valence-electron chi connectivity index (χ2n) is 3.46. The SMILES string of the molecule is CC(C)N1CC/C(=C\C(=O)O)C1. The molecule has 0 bridgehead atoms. The Morgan fingerprint density at radius 1 is 1.67 bits per heavy atom. The van der Waals surface area contributed by atoms with Crippen LogP contribution >= 0.6 is 0 Å². The number of hydrogen-bond donors (Lipinski definition) is 1. The van der Waals surface area contributed by atoms with Gasteiger partial charge in [-0.3, -0.25) is 4.90 Å². The molecule has 0 aromatic carbocycles. The Kier molecular flexibility index (Phi) is 2.87. The Morgan fingerprint density at radius 3 is 2.75 bits per heavy atom. The van der Waals surface area contributed by atoms with Crippen molar-refractivity contribution in [2.45, 2.75) is 26.3 Å². The van der Waals surface area contributed by atoms with E-state index >= 15 is 0 Å². The zero-order valence-electron chi connectivity index (χ0n) is 7.58. The Balaban J connectivity index is 2.51. The van der Waals surface area contributed by atoms with Gasteiger partial charge in [0, 0.05) is 25.2 Å². The van der Waals surface area contributed by atoms with Gasteiger partial charge in [0.2, 0.25) is 0 Å². The number of carboxylic acids is 1. The first-order valence-electron chi connectivity index (χ1n) is 4.26. The van der Waals surface area contributed by atoms with Crippen molar-refractivity contribution in [2.24, 2.45) is 0 Å². The average molecular weight is 169 g/mol. The highest BCUT2D eigenvalue weighted by molar-refractivity contribution is 5.80. The van der Waals surface area contributed by atoms with Crippen molar-refractivity contribution in [1.29, 1.82) is 0 Å². The van der Waals surface area contributed by atoms with Gasteiger partial charge in [-0.25, -0.2) is 4.79 Å². The molecule has 0 aromatic heterocycles. The van der Waals surface area contributed by atoms with Crippen LogP contribution in [-0.2, 0) is 4.79 Å². The Morgan fingerprint density at radius 2 is 2.33 bits per heavy atom. The maximum Gasteiger partial charge on any atom is 0.328 e. The number of carboxylic acid groups (broad SMARTS) is 1. The van der Waals surface area contributed by atoms with Crippen molar-refractivity contribution in [1.82, 2.24) is 4.90 Å². The lowest BCUT2D eigenvalue weighted by Crippen LogP contribution is -2.27. The third-order valence-corrected chi connectivity index (χ3v) is 2.18. The molecule has 1 heterocycles. The Bertz CT molecular complexity index is 209. The van der Waals surface area contributed by atoms with E-state index in [1.807, 2.05) is 0 Å². The summed E-state index contributed by atoms with van der Waals surface area (Å²) in [6.45, 7) is 6.08. The molecule has 1 rings (SSSR count). The van der Waals surface area contributed by atoms with Crippen molar-refractivity contribution < 1.29 is 9.90 Å². The van der Waals surface area contributed by atoms with Gasteiger partial charge in [-0.2, -0.15) is 0 Å². The molecule has 1 aliphatic rings. The molecule has 0 unspecified atom stereocenters. The summed E-state index contributed by atoms with van der Waals surface area (Å²) >= 11 is 0. The van der Waals surface area contributed by atoms with E-state index < -0.39 is 5.97 Å². The smallest absolute Gasteiger partial charge is 0.328 e. The van der Waals surface area contributed by atoms with E-state index in [1.165, 1.54) is 6.08 Å². The zero-order valence-corrected chi connectivity index (χ0v) is 7.58. The van der Waals surface area contributed by atoms with Crippen LogP contribution in [0.15, 0.2) is 11.6 Å². The van der Waals surface area contributed by atoms with Gasteiger partial charge in [0.05, 0.1) is 0 Å². The lowest BCUT2D eigenvalue weighted by Gasteiger charge is -2.18. The van der Waals surface area contributed by atoms with Crippen molar-refractivity contribution in [2.75, 3.05) is 13.1 Å². The highest BCUT2D eigenvalue weighted by Crippen LogP contribution is 2.16. The standard InChI is InChI=1S/C9H15NO2/c1-7(2)10-4-3-8(6-10)5-9(11)12/h5,7H,3-4,6H2,1-2H3,(H,11,12)/b8-5+. The number of carbonyl (C=O) groups is 1. The number of aliphatic carboxylic acids is 1. The summed E-state index contributed by atoms with van der Waals surface area (Å²) < 4.78 is 0.